The van der Waals surface area contributed by atoms with Crippen molar-refractivity contribution >= 4 is 33.5 Å². The molecule has 0 atom stereocenters. The predicted octanol–water partition coefficient (Wildman–Crippen LogP) is 3.20. The molecule has 0 unspecified atom stereocenters. The zero-order valence-electron chi connectivity index (χ0n) is 20.2. The molecule has 2 aromatic rings. The second-order valence-corrected chi connectivity index (χ2v) is 9.01. The maximum absolute atomic E-state index is 12.8. The zero-order valence-corrected chi connectivity index (χ0v) is 21.1. The van der Waals surface area contributed by atoms with Gasteiger partial charge in [-0.3, -0.25) is 9.59 Å². The molecular weight excluding hydrogens is 478 g/mol. The Bertz CT molecular complexity index is 1160. The van der Waals surface area contributed by atoms with Crippen molar-refractivity contribution < 1.29 is 41.7 Å². The van der Waals surface area contributed by atoms with E-state index >= 15 is 0 Å². The van der Waals surface area contributed by atoms with E-state index < -0.39 is 28.1 Å². The summed E-state index contributed by atoms with van der Waals surface area (Å²) in [5.41, 5.74) is 1.06. The fraction of sp³-hybridized carbons (Fsp3) is 0.333. The number of rotatable bonds is 12. The Labute approximate surface area is 204 Å². The summed E-state index contributed by atoms with van der Waals surface area (Å²) in [6, 6.07) is 7.80. The molecule has 0 spiro atoms. The van der Waals surface area contributed by atoms with E-state index in [4.69, 9.17) is 23.7 Å². The zero-order chi connectivity index (χ0) is 26.0. The lowest BCUT2D eigenvalue weighted by Crippen LogP contribution is -2.18. The molecule has 1 amide bonds. The smallest absolute Gasteiger partial charge is 0.315 e. The van der Waals surface area contributed by atoms with E-state index in [2.05, 4.69) is 5.32 Å². The predicted molar refractivity (Wildman–Crippen MR) is 131 cm³/mol. The maximum atomic E-state index is 12.8. The van der Waals surface area contributed by atoms with Crippen molar-refractivity contribution in [2.75, 3.05) is 40.4 Å². The van der Waals surface area contributed by atoms with Crippen molar-refractivity contribution in [2.45, 2.75) is 19.1 Å². The van der Waals surface area contributed by atoms with Gasteiger partial charge in [0.15, 0.2) is 9.84 Å². The summed E-state index contributed by atoms with van der Waals surface area (Å²) in [6.07, 6.45) is 0.909. The number of carbonyl (C=O) groups is 2. The van der Waals surface area contributed by atoms with Gasteiger partial charge < -0.3 is 29.0 Å². The Morgan fingerprint density at radius 1 is 0.914 bits per heavy atom. The minimum absolute atomic E-state index is 0.157. The van der Waals surface area contributed by atoms with E-state index in [1.54, 1.807) is 25.1 Å². The third-order valence-electron chi connectivity index (χ3n) is 4.71. The van der Waals surface area contributed by atoms with E-state index in [9.17, 15) is 18.0 Å². The molecule has 0 aliphatic heterocycles. The quantitative estimate of drug-likeness (QED) is 0.340. The van der Waals surface area contributed by atoms with Gasteiger partial charge in [-0.15, -0.1) is 0 Å². The van der Waals surface area contributed by atoms with Crippen LogP contribution in [0.1, 0.15) is 24.5 Å². The number of methoxy groups -OCH3 is 4. The lowest BCUT2D eigenvalue weighted by atomic mass is 10.1. The third kappa shape index (κ3) is 7.92. The maximum Gasteiger partial charge on any atom is 0.315 e. The second kappa shape index (κ2) is 12.7. The van der Waals surface area contributed by atoms with Gasteiger partial charge in [0.1, 0.15) is 29.4 Å². The summed E-state index contributed by atoms with van der Waals surface area (Å²) in [7, 11) is 2.07. The number of anilines is 1. The molecule has 10 nitrogen and oxygen atoms in total. The Kier molecular flexibility index (Phi) is 9.95. The first kappa shape index (κ1) is 27.5. The first-order valence-electron chi connectivity index (χ1n) is 10.5. The third-order valence-corrected chi connectivity index (χ3v) is 6.00. The number of amides is 1. The van der Waals surface area contributed by atoms with Crippen LogP contribution in [0.15, 0.2) is 35.7 Å². The summed E-state index contributed by atoms with van der Waals surface area (Å²) in [5, 5.41) is 3.61. The molecule has 0 heterocycles. The lowest BCUT2D eigenvalue weighted by Gasteiger charge is -2.13. The highest BCUT2D eigenvalue weighted by molar-refractivity contribution is 7.93. The molecule has 0 saturated heterocycles. The Hall–Kier alpha value is -3.73. The monoisotopic (exact) mass is 507 g/mol. The number of ether oxygens (including phenoxy) is 5. The van der Waals surface area contributed by atoms with Gasteiger partial charge in [0.05, 0.1) is 52.0 Å². The number of nitrogens with one attached hydrogen (secondary N) is 1. The topological polar surface area (TPSA) is 126 Å². The van der Waals surface area contributed by atoms with Crippen molar-refractivity contribution in [3.63, 3.8) is 0 Å². The van der Waals surface area contributed by atoms with Crippen LogP contribution in [0.3, 0.4) is 0 Å². The number of hydrogen-bond acceptors (Lipinski definition) is 9. The van der Waals surface area contributed by atoms with E-state index in [-0.39, 0.29) is 18.0 Å². The molecule has 1 N–H and O–H groups in total. The van der Waals surface area contributed by atoms with Crippen LogP contribution in [0.25, 0.3) is 6.08 Å². The molecule has 0 bridgehead atoms. The summed E-state index contributed by atoms with van der Waals surface area (Å²) in [5.74, 6) is -0.0688. The molecule has 35 heavy (non-hydrogen) atoms. The molecule has 0 aromatic heterocycles. The van der Waals surface area contributed by atoms with E-state index in [1.165, 1.54) is 46.6 Å². The van der Waals surface area contributed by atoms with Gasteiger partial charge in [0.25, 0.3) is 0 Å². The van der Waals surface area contributed by atoms with Gasteiger partial charge >= 0.3 is 5.97 Å². The molecule has 2 rings (SSSR count). The van der Waals surface area contributed by atoms with Gasteiger partial charge in [-0.2, -0.15) is 0 Å². The van der Waals surface area contributed by atoms with Crippen LogP contribution < -0.4 is 24.3 Å². The van der Waals surface area contributed by atoms with Gasteiger partial charge in [-0.25, -0.2) is 8.42 Å². The van der Waals surface area contributed by atoms with Crippen molar-refractivity contribution in [3.05, 3.63) is 46.9 Å². The first-order valence-corrected chi connectivity index (χ1v) is 12.2. The van der Waals surface area contributed by atoms with Gasteiger partial charge in [0, 0.05) is 17.5 Å². The fourth-order valence-corrected chi connectivity index (χ4v) is 4.21. The number of esters is 1. The van der Waals surface area contributed by atoms with Crippen molar-refractivity contribution in [3.8, 4) is 23.0 Å². The van der Waals surface area contributed by atoms with Crippen molar-refractivity contribution in [1.82, 2.24) is 0 Å². The SMILES string of the molecule is CCOC(=O)CC(=O)Nc1cc(CS(=O)(=O)C=Cc2c(OC)cc(OC)cc2OC)ccc1OC. The minimum atomic E-state index is -3.74. The van der Waals surface area contributed by atoms with Crippen LogP contribution in [-0.2, 0) is 29.9 Å². The normalized spacial score (nSPS) is 11.1. The largest absolute Gasteiger partial charge is 0.496 e. The van der Waals surface area contributed by atoms with Crippen molar-refractivity contribution in [2.24, 2.45) is 0 Å². The molecule has 0 aliphatic rings. The summed E-state index contributed by atoms with van der Waals surface area (Å²) in [4.78, 5) is 23.7. The molecule has 11 heteroatoms. The molecule has 0 saturated carbocycles. The Morgan fingerprint density at radius 3 is 2.09 bits per heavy atom. The summed E-state index contributed by atoms with van der Waals surface area (Å²) >= 11 is 0. The standard InChI is InChI=1S/C24H29NO9S/c1-6-34-24(27)14-23(26)25-19-11-16(7-8-20(19)31-3)15-35(28,29)10-9-18-21(32-4)12-17(30-2)13-22(18)33-5/h7-13H,6,14-15H2,1-5H3,(H,25,26). The number of sulfone groups is 1. The molecule has 190 valence electrons. The number of carbonyl (C=O) groups excluding carboxylic acids is 2. The van der Waals surface area contributed by atoms with Crippen molar-refractivity contribution in [1.29, 1.82) is 0 Å². The number of benzene rings is 2. The van der Waals surface area contributed by atoms with E-state index in [0.717, 1.165) is 5.41 Å². The average Bonchev–Trinajstić information content (AvgIpc) is 2.82. The van der Waals surface area contributed by atoms with Crippen LogP contribution in [0.4, 0.5) is 5.69 Å². The minimum Gasteiger partial charge on any atom is -0.496 e. The highest BCUT2D eigenvalue weighted by Gasteiger charge is 2.17. The fourth-order valence-electron chi connectivity index (χ4n) is 3.13. The van der Waals surface area contributed by atoms with Gasteiger partial charge in [-0.05, 0) is 30.7 Å². The highest BCUT2D eigenvalue weighted by Crippen LogP contribution is 2.35. The van der Waals surface area contributed by atoms with Crippen LogP contribution in [0.2, 0.25) is 0 Å². The Balaban J connectivity index is 2.26. The highest BCUT2D eigenvalue weighted by atomic mass is 32.2. The molecule has 2 aromatic carbocycles. The van der Waals surface area contributed by atoms with E-state index in [1.807, 2.05) is 0 Å². The lowest BCUT2D eigenvalue weighted by molar-refractivity contribution is -0.145. The first-order chi connectivity index (χ1) is 16.7. The summed E-state index contributed by atoms with van der Waals surface area (Å²) in [6.45, 7) is 1.79. The van der Waals surface area contributed by atoms with Crippen LogP contribution >= 0.6 is 0 Å². The van der Waals surface area contributed by atoms with Crippen LogP contribution in [0.5, 0.6) is 23.0 Å². The molecular formula is C24H29NO9S. The Morgan fingerprint density at radius 2 is 1.54 bits per heavy atom. The van der Waals surface area contributed by atoms with E-state index in [0.29, 0.717) is 34.1 Å². The second-order valence-electron chi connectivity index (χ2n) is 7.12. The van der Waals surface area contributed by atoms with Crippen LogP contribution in [0, 0.1) is 0 Å². The van der Waals surface area contributed by atoms with Gasteiger partial charge in [-0.1, -0.05) is 6.07 Å². The molecule has 0 radical (unpaired) electrons. The summed E-state index contributed by atoms with van der Waals surface area (Å²) < 4.78 is 51.5. The molecule has 0 aliphatic carbocycles. The van der Waals surface area contributed by atoms with Gasteiger partial charge in [0.2, 0.25) is 5.91 Å². The number of hydrogen-bond donors (Lipinski definition) is 1. The van der Waals surface area contributed by atoms with Crippen LogP contribution in [-0.4, -0.2) is 55.3 Å². The molecule has 0 fully saturated rings. The average molecular weight is 508 g/mol.